The Morgan fingerprint density at radius 2 is 1.80 bits per heavy atom. The van der Waals surface area contributed by atoms with Crippen LogP contribution in [0, 0.1) is 0 Å². The Balaban J connectivity index is 2.67. The van der Waals surface area contributed by atoms with Gasteiger partial charge in [-0.15, -0.1) is 0 Å². The molecule has 0 amide bonds. The van der Waals surface area contributed by atoms with Gasteiger partial charge in [-0.25, -0.2) is 0 Å². The summed E-state index contributed by atoms with van der Waals surface area (Å²) in [4.78, 5) is 0.213. The second-order valence-corrected chi connectivity index (χ2v) is 6.20. The molecule has 3 heteroatoms. The molecule has 0 heterocycles. The molecule has 0 saturated heterocycles. The van der Waals surface area contributed by atoms with Crippen LogP contribution in [0.3, 0.4) is 0 Å². The Labute approximate surface area is 97.8 Å². The number of benzene rings is 1. The van der Waals surface area contributed by atoms with Gasteiger partial charge in [0.05, 0.1) is 0 Å². The molecule has 1 aromatic rings. The van der Waals surface area contributed by atoms with Crippen LogP contribution in [0.15, 0.2) is 30.3 Å². The predicted molar refractivity (Wildman–Crippen MR) is 63.7 cm³/mol. The molecule has 1 N–H and O–H groups in total. The molecule has 15 heavy (non-hydrogen) atoms. The Morgan fingerprint density at radius 3 is 2.27 bits per heavy atom. The third kappa shape index (κ3) is 3.96. The van der Waals surface area contributed by atoms with E-state index in [1.54, 1.807) is 7.11 Å². The monoisotopic (exact) mass is 274 g/mol. The third-order valence-corrected chi connectivity index (χ3v) is 5.67. The van der Waals surface area contributed by atoms with Gasteiger partial charge in [0.2, 0.25) is 0 Å². The number of aliphatic hydroxyl groups is 1. The van der Waals surface area contributed by atoms with E-state index in [4.69, 9.17) is 4.74 Å². The van der Waals surface area contributed by atoms with Crippen LogP contribution in [-0.2, 0) is 4.74 Å². The molecule has 2 nitrogen and oxygen atoms in total. The van der Waals surface area contributed by atoms with Crippen molar-refractivity contribution in [1.29, 1.82) is 0 Å². The molecule has 0 unspecified atom stereocenters. The number of methoxy groups -OCH3 is 1. The van der Waals surface area contributed by atoms with E-state index in [0.717, 1.165) is 0 Å². The zero-order valence-corrected chi connectivity index (χ0v) is 11.1. The SMILES string of the molecule is CO[C@H](C)[C@@H]([Se]c1ccccc1)[C@@H](C)O. The number of ether oxygens (including phenoxy) is 1. The van der Waals surface area contributed by atoms with Gasteiger partial charge in [-0.3, -0.25) is 0 Å². The van der Waals surface area contributed by atoms with Gasteiger partial charge in [-0.05, 0) is 0 Å². The number of hydrogen-bond donors (Lipinski definition) is 1. The van der Waals surface area contributed by atoms with Crippen LogP contribution in [0.4, 0.5) is 0 Å². The summed E-state index contributed by atoms with van der Waals surface area (Å²) in [5.41, 5.74) is 0. The van der Waals surface area contributed by atoms with E-state index in [1.807, 2.05) is 32.0 Å². The predicted octanol–water partition coefficient (Wildman–Crippen LogP) is 1.22. The molecule has 0 saturated carbocycles. The Bertz CT molecular complexity index is 274. The van der Waals surface area contributed by atoms with Gasteiger partial charge >= 0.3 is 97.6 Å². The van der Waals surface area contributed by atoms with Crippen molar-refractivity contribution in [3.63, 3.8) is 0 Å². The fourth-order valence-electron chi connectivity index (χ4n) is 1.38. The maximum absolute atomic E-state index is 9.71. The summed E-state index contributed by atoms with van der Waals surface area (Å²) < 4.78 is 6.61. The van der Waals surface area contributed by atoms with Crippen LogP contribution < -0.4 is 4.46 Å². The van der Waals surface area contributed by atoms with Crippen molar-refractivity contribution in [3.05, 3.63) is 30.3 Å². The maximum atomic E-state index is 9.71. The van der Waals surface area contributed by atoms with Crippen LogP contribution in [-0.4, -0.2) is 39.4 Å². The van der Waals surface area contributed by atoms with Gasteiger partial charge in [0.1, 0.15) is 0 Å². The number of rotatable bonds is 5. The minimum absolute atomic E-state index is 0.102. The van der Waals surface area contributed by atoms with Crippen molar-refractivity contribution < 1.29 is 9.84 Å². The number of hydrogen-bond acceptors (Lipinski definition) is 2. The van der Waals surface area contributed by atoms with Crippen molar-refractivity contribution in [2.75, 3.05) is 7.11 Å². The van der Waals surface area contributed by atoms with E-state index in [2.05, 4.69) is 12.1 Å². The summed E-state index contributed by atoms with van der Waals surface area (Å²) in [6.07, 6.45) is -0.217. The van der Waals surface area contributed by atoms with Gasteiger partial charge < -0.3 is 0 Å². The molecule has 3 atom stereocenters. The van der Waals surface area contributed by atoms with E-state index in [0.29, 0.717) is 0 Å². The van der Waals surface area contributed by atoms with Crippen LogP contribution in [0.2, 0.25) is 4.82 Å². The summed E-state index contributed by atoms with van der Waals surface area (Å²) >= 11 is 0.255. The van der Waals surface area contributed by atoms with Crippen molar-refractivity contribution in [3.8, 4) is 0 Å². The Morgan fingerprint density at radius 1 is 1.20 bits per heavy atom. The first-order valence-electron chi connectivity index (χ1n) is 5.07. The zero-order valence-electron chi connectivity index (χ0n) is 9.38. The molecular formula is C12H18O2Se. The van der Waals surface area contributed by atoms with E-state index >= 15 is 0 Å². The van der Waals surface area contributed by atoms with Crippen molar-refractivity contribution in [2.45, 2.75) is 30.9 Å². The standard InChI is InChI=1S/C12H18O2Se/c1-9(13)12(10(2)14-3)15-11-7-5-4-6-8-11/h4-10,12-13H,1-3H3/t9-,10-,12+/m1/s1. The molecule has 84 valence electrons. The van der Waals surface area contributed by atoms with E-state index in [-0.39, 0.29) is 32.0 Å². The van der Waals surface area contributed by atoms with Crippen molar-refractivity contribution >= 4 is 19.4 Å². The Hall–Kier alpha value is -0.341. The molecule has 1 rings (SSSR count). The van der Waals surface area contributed by atoms with Crippen LogP contribution in [0.5, 0.6) is 0 Å². The van der Waals surface area contributed by atoms with Crippen LogP contribution in [0.25, 0.3) is 0 Å². The molecule has 0 aliphatic heterocycles. The average molecular weight is 273 g/mol. The van der Waals surface area contributed by atoms with E-state index < -0.39 is 0 Å². The van der Waals surface area contributed by atoms with E-state index in [9.17, 15) is 5.11 Å². The second kappa shape index (κ2) is 6.29. The average Bonchev–Trinajstić information content (AvgIpc) is 2.26. The van der Waals surface area contributed by atoms with Crippen LogP contribution in [0.1, 0.15) is 13.8 Å². The van der Waals surface area contributed by atoms with Gasteiger partial charge in [0.15, 0.2) is 0 Å². The van der Waals surface area contributed by atoms with Crippen LogP contribution >= 0.6 is 0 Å². The van der Waals surface area contributed by atoms with Crippen molar-refractivity contribution in [2.24, 2.45) is 0 Å². The fourth-order valence-corrected chi connectivity index (χ4v) is 3.74. The normalized spacial score (nSPS) is 17.1. The van der Waals surface area contributed by atoms with Gasteiger partial charge in [0, 0.05) is 0 Å². The van der Waals surface area contributed by atoms with Crippen molar-refractivity contribution in [1.82, 2.24) is 0 Å². The molecule has 0 bridgehead atoms. The summed E-state index contributed by atoms with van der Waals surface area (Å²) in [5.74, 6) is 0. The fraction of sp³-hybridized carbons (Fsp3) is 0.500. The molecule has 0 fully saturated rings. The van der Waals surface area contributed by atoms with Gasteiger partial charge in [-0.2, -0.15) is 0 Å². The molecular weight excluding hydrogens is 255 g/mol. The second-order valence-electron chi connectivity index (χ2n) is 3.58. The molecule has 0 aliphatic rings. The first-order chi connectivity index (χ1) is 7.15. The first-order valence-corrected chi connectivity index (χ1v) is 6.92. The Kier molecular flexibility index (Phi) is 5.33. The molecule has 0 spiro atoms. The van der Waals surface area contributed by atoms with Gasteiger partial charge in [0.25, 0.3) is 0 Å². The minimum atomic E-state index is -0.319. The number of aliphatic hydroxyl groups excluding tert-OH is 1. The molecule has 1 aromatic carbocycles. The summed E-state index contributed by atoms with van der Waals surface area (Å²) in [7, 11) is 1.70. The van der Waals surface area contributed by atoms with Gasteiger partial charge in [-0.1, -0.05) is 0 Å². The molecule has 0 aliphatic carbocycles. The summed E-state index contributed by atoms with van der Waals surface area (Å²) in [6, 6.07) is 10.3. The summed E-state index contributed by atoms with van der Waals surface area (Å²) in [6.45, 7) is 3.85. The third-order valence-electron chi connectivity index (χ3n) is 2.33. The quantitative estimate of drug-likeness (QED) is 0.817. The molecule has 0 aromatic heterocycles. The van der Waals surface area contributed by atoms with E-state index in [1.165, 1.54) is 4.46 Å². The zero-order chi connectivity index (χ0) is 11.3. The summed E-state index contributed by atoms with van der Waals surface area (Å²) in [5, 5.41) is 9.71. The topological polar surface area (TPSA) is 29.5 Å². The first kappa shape index (κ1) is 12.7. The molecule has 0 radical (unpaired) electrons.